The highest BCUT2D eigenvalue weighted by Gasteiger charge is 2.29. The smallest absolute Gasteiger partial charge is 0.243 e. The van der Waals surface area contributed by atoms with Gasteiger partial charge in [-0.2, -0.15) is 4.31 Å². The topological polar surface area (TPSA) is 69.7 Å². The molecule has 0 atom stereocenters. The van der Waals surface area contributed by atoms with Crippen molar-refractivity contribution in [2.24, 2.45) is 0 Å². The van der Waals surface area contributed by atoms with Crippen molar-refractivity contribution >= 4 is 27.5 Å². The average molecular weight is 426 g/mol. The quantitative estimate of drug-likeness (QED) is 0.682. The maximum atomic E-state index is 12.7. The summed E-state index contributed by atoms with van der Waals surface area (Å²) in [5, 5.41) is 3.39. The second kappa shape index (κ2) is 9.87. The summed E-state index contributed by atoms with van der Waals surface area (Å²) in [6.45, 7) is 2.80. The van der Waals surface area contributed by atoms with Crippen LogP contribution in [0.5, 0.6) is 0 Å². The Bertz CT molecular complexity index is 818. The maximum absolute atomic E-state index is 12.7. The van der Waals surface area contributed by atoms with Gasteiger partial charge < -0.3 is 5.32 Å². The number of carbonyl (C=O) groups excluding carboxylic acids is 1. The lowest BCUT2D eigenvalue weighted by Crippen LogP contribution is -2.51. The van der Waals surface area contributed by atoms with Gasteiger partial charge in [0.2, 0.25) is 15.9 Å². The Hall–Kier alpha value is -1.41. The van der Waals surface area contributed by atoms with Gasteiger partial charge in [0, 0.05) is 37.7 Å². The number of rotatable bonds is 7. The minimum Gasteiger partial charge on any atom is -0.355 e. The second-order valence-corrected chi connectivity index (χ2v) is 9.72. The summed E-state index contributed by atoms with van der Waals surface area (Å²) in [6, 6.07) is 6.32. The molecule has 1 aromatic rings. The standard InChI is InChI=1S/C20H28ClN3O3S/c21-18-7-4-8-19(15-18)28(26,27)24-13-11-23(12-14-24)16-20(25)22-10-9-17-5-2-1-3-6-17/h4-5,7-8,15H,1-3,6,9-14,16H2,(H,22,25). The first-order valence-electron chi connectivity index (χ1n) is 9.88. The number of amides is 1. The zero-order valence-corrected chi connectivity index (χ0v) is 17.6. The van der Waals surface area contributed by atoms with Gasteiger partial charge in [-0.25, -0.2) is 8.42 Å². The van der Waals surface area contributed by atoms with Gasteiger partial charge in [0.1, 0.15) is 0 Å². The van der Waals surface area contributed by atoms with E-state index in [2.05, 4.69) is 11.4 Å². The summed E-state index contributed by atoms with van der Waals surface area (Å²) in [5.41, 5.74) is 1.45. The minimum absolute atomic E-state index is 0.00237. The lowest BCUT2D eigenvalue weighted by Gasteiger charge is -2.33. The van der Waals surface area contributed by atoms with Crippen molar-refractivity contribution in [3.63, 3.8) is 0 Å². The third-order valence-electron chi connectivity index (χ3n) is 5.29. The van der Waals surface area contributed by atoms with Crippen LogP contribution < -0.4 is 5.32 Å². The first-order valence-corrected chi connectivity index (χ1v) is 11.7. The number of hydrogen-bond acceptors (Lipinski definition) is 4. The van der Waals surface area contributed by atoms with E-state index in [9.17, 15) is 13.2 Å². The molecule has 1 aromatic carbocycles. The van der Waals surface area contributed by atoms with Crippen LogP contribution in [0, 0.1) is 0 Å². The van der Waals surface area contributed by atoms with Gasteiger partial charge in [-0.15, -0.1) is 0 Å². The Balaban J connectivity index is 1.42. The van der Waals surface area contributed by atoms with E-state index >= 15 is 0 Å². The highest BCUT2D eigenvalue weighted by molar-refractivity contribution is 7.89. The monoisotopic (exact) mass is 425 g/mol. The van der Waals surface area contributed by atoms with Gasteiger partial charge in [-0.05, 0) is 50.3 Å². The van der Waals surface area contributed by atoms with E-state index < -0.39 is 10.0 Å². The van der Waals surface area contributed by atoms with Crippen LogP contribution in [0.3, 0.4) is 0 Å². The van der Waals surface area contributed by atoms with Gasteiger partial charge in [0.25, 0.3) is 0 Å². The molecule has 0 spiro atoms. The van der Waals surface area contributed by atoms with Crippen LogP contribution in [-0.2, 0) is 14.8 Å². The Morgan fingerprint density at radius 3 is 2.61 bits per heavy atom. The third-order valence-corrected chi connectivity index (χ3v) is 7.42. The molecule has 1 aliphatic heterocycles. The van der Waals surface area contributed by atoms with Crippen molar-refractivity contribution in [1.82, 2.24) is 14.5 Å². The molecule has 3 rings (SSSR count). The molecule has 28 heavy (non-hydrogen) atoms. The number of hydrogen-bond donors (Lipinski definition) is 1. The van der Waals surface area contributed by atoms with Gasteiger partial charge in [0.05, 0.1) is 11.4 Å². The SMILES string of the molecule is O=C(CN1CCN(S(=O)(=O)c2cccc(Cl)c2)CC1)NCCC1=CCCCC1. The molecule has 8 heteroatoms. The van der Waals surface area contributed by atoms with E-state index in [4.69, 9.17) is 11.6 Å². The van der Waals surface area contributed by atoms with Gasteiger partial charge in [-0.3, -0.25) is 9.69 Å². The highest BCUT2D eigenvalue weighted by atomic mass is 35.5. The molecule has 154 valence electrons. The van der Waals surface area contributed by atoms with Crippen LogP contribution in [0.1, 0.15) is 32.1 Å². The molecule has 2 aliphatic rings. The Labute approximate surface area is 172 Å². The van der Waals surface area contributed by atoms with E-state index in [0.717, 1.165) is 19.3 Å². The molecule has 1 N–H and O–H groups in total. The van der Waals surface area contributed by atoms with Gasteiger partial charge >= 0.3 is 0 Å². The third kappa shape index (κ3) is 5.80. The number of allylic oxidation sites excluding steroid dienone is 1. The Morgan fingerprint density at radius 1 is 1.14 bits per heavy atom. The van der Waals surface area contributed by atoms with Crippen LogP contribution in [0.4, 0.5) is 0 Å². The molecule has 1 saturated heterocycles. The molecule has 0 aromatic heterocycles. The maximum Gasteiger partial charge on any atom is 0.243 e. The molecule has 0 radical (unpaired) electrons. The first kappa shape index (κ1) is 21.3. The fourth-order valence-corrected chi connectivity index (χ4v) is 5.38. The van der Waals surface area contributed by atoms with Crippen LogP contribution in [-0.4, -0.2) is 62.8 Å². The summed E-state index contributed by atoms with van der Waals surface area (Å²) in [4.78, 5) is 14.4. The molecule has 1 heterocycles. The normalized spacial score (nSPS) is 19.2. The minimum atomic E-state index is -3.55. The molecule has 0 unspecified atom stereocenters. The molecular formula is C20H28ClN3O3S. The number of benzene rings is 1. The lowest BCUT2D eigenvalue weighted by molar-refractivity contribution is -0.122. The summed E-state index contributed by atoms with van der Waals surface area (Å²) in [6.07, 6.45) is 8.06. The second-order valence-electron chi connectivity index (χ2n) is 7.35. The lowest BCUT2D eigenvalue weighted by atomic mass is 9.97. The van der Waals surface area contributed by atoms with Crippen molar-refractivity contribution in [2.45, 2.75) is 37.0 Å². The molecule has 1 aliphatic carbocycles. The predicted octanol–water partition coefficient (Wildman–Crippen LogP) is 2.65. The molecule has 0 saturated carbocycles. The number of piperazine rings is 1. The van der Waals surface area contributed by atoms with Crippen LogP contribution in [0.25, 0.3) is 0 Å². The zero-order valence-electron chi connectivity index (χ0n) is 16.1. The fraction of sp³-hybridized carbons (Fsp3) is 0.550. The molecule has 6 nitrogen and oxygen atoms in total. The summed E-state index contributed by atoms with van der Waals surface area (Å²) in [5.74, 6) is 0.00237. The van der Waals surface area contributed by atoms with E-state index in [1.54, 1.807) is 18.2 Å². The fourth-order valence-electron chi connectivity index (χ4n) is 3.66. The molecule has 1 fully saturated rings. The van der Waals surface area contributed by atoms with Crippen LogP contribution >= 0.6 is 11.6 Å². The summed E-state index contributed by atoms with van der Waals surface area (Å²) in [7, 11) is -3.55. The van der Waals surface area contributed by atoms with Gasteiger partial charge in [0.15, 0.2) is 0 Å². The molecule has 0 bridgehead atoms. The van der Waals surface area contributed by atoms with E-state index in [0.29, 0.717) is 44.3 Å². The highest BCUT2D eigenvalue weighted by Crippen LogP contribution is 2.21. The number of nitrogens with zero attached hydrogens (tertiary/aromatic N) is 2. The summed E-state index contributed by atoms with van der Waals surface area (Å²) < 4.78 is 26.9. The predicted molar refractivity (Wildman–Crippen MR) is 111 cm³/mol. The van der Waals surface area contributed by atoms with E-state index in [-0.39, 0.29) is 10.8 Å². The van der Waals surface area contributed by atoms with Crippen molar-refractivity contribution in [3.05, 3.63) is 40.9 Å². The van der Waals surface area contributed by atoms with Crippen LogP contribution in [0.2, 0.25) is 5.02 Å². The number of nitrogens with one attached hydrogen (secondary N) is 1. The number of halogens is 1. The van der Waals surface area contributed by atoms with E-state index in [1.165, 1.54) is 28.8 Å². The Morgan fingerprint density at radius 2 is 1.93 bits per heavy atom. The first-order chi connectivity index (χ1) is 13.4. The van der Waals surface area contributed by atoms with Gasteiger partial charge in [-0.1, -0.05) is 29.3 Å². The number of carbonyl (C=O) groups is 1. The Kier molecular flexibility index (Phi) is 7.51. The van der Waals surface area contributed by atoms with E-state index in [1.807, 2.05) is 4.90 Å². The average Bonchev–Trinajstić information content (AvgIpc) is 2.69. The van der Waals surface area contributed by atoms with Crippen molar-refractivity contribution in [1.29, 1.82) is 0 Å². The zero-order chi connectivity index (χ0) is 20.0. The number of sulfonamides is 1. The van der Waals surface area contributed by atoms with Crippen molar-refractivity contribution < 1.29 is 13.2 Å². The summed E-state index contributed by atoms with van der Waals surface area (Å²) >= 11 is 5.92. The largest absolute Gasteiger partial charge is 0.355 e. The molecule has 1 amide bonds. The van der Waals surface area contributed by atoms with Crippen LogP contribution in [0.15, 0.2) is 40.8 Å². The van der Waals surface area contributed by atoms with Crippen molar-refractivity contribution in [2.75, 3.05) is 39.3 Å². The molecular weight excluding hydrogens is 398 g/mol. The van der Waals surface area contributed by atoms with Crippen molar-refractivity contribution in [3.8, 4) is 0 Å².